The van der Waals surface area contributed by atoms with Crippen LogP contribution in [0.4, 0.5) is 5.69 Å². The predicted molar refractivity (Wildman–Crippen MR) is 107 cm³/mol. The van der Waals surface area contributed by atoms with Crippen LogP contribution in [0.15, 0.2) is 54.7 Å². The minimum absolute atomic E-state index is 0.890. The van der Waals surface area contributed by atoms with Crippen molar-refractivity contribution in [2.45, 2.75) is 33.4 Å². The number of benzene rings is 2. The molecule has 0 aliphatic carbocycles. The molecule has 1 aliphatic heterocycles. The Kier molecular flexibility index (Phi) is 4.46. The molecule has 2 aromatic carbocycles. The smallest absolute Gasteiger partial charge is 0.118 e. The Bertz CT molecular complexity index is 908. The Labute approximate surface area is 155 Å². The van der Waals surface area contributed by atoms with Crippen LogP contribution in [0.25, 0.3) is 0 Å². The molecule has 1 aliphatic rings. The van der Waals surface area contributed by atoms with Gasteiger partial charge in [-0.1, -0.05) is 36.4 Å². The molecule has 0 amide bonds. The summed E-state index contributed by atoms with van der Waals surface area (Å²) in [6.45, 7) is 7.45. The second kappa shape index (κ2) is 6.91. The molecular weight excluding hydrogens is 320 g/mol. The third-order valence-electron chi connectivity index (χ3n) is 5.62. The first kappa shape index (κ1) is 16.8. The Hall–Kier alpha value is -2.68. The van der Waals surface area contributed by atoms with E-state index >= 15 is 0 Å². The fraction of sp³-hybridized carbons (Fsp3) is 0.304. The van der Waals surface area contributed by atoms with Crippen molar-refractivity contribution in [3.05, 3.63) is 82.7 Å². The van der Waals surface area contributed by atoms with Gasteiger partial charge >= 0.3 is 0 Å². The number of ether oxygens (including phenoxy) is 1. The number of aromatic nitrogens is 1. The molecule has 0 radical (unpaired) electrons. The van der Waals surface area contributed by atoms with Crippen LogP contribution in [-0.2, 0) is 19.5 Å². The lowest BCUT2D eigenvalue weighted by molar-refractivity contribution is 0.414. The molecule has 4 rings (SSSR count). The fourth-order valence-electron chi connectivity index (χ4n) is 3.85. The minimum atomic E-state index is 0.890. The van der Waals surface area contributed by atoms with Crippen molar-refractivity contribution < 1.29 is 4.74 Å². The van der Waals surface area contributed by atoms with E-state index in [1.54, 1.807) is 7.11 Å². The van der Waals surface area contributed by atoms with Gasteiger partial charge in [0.2, 0.25) is 0 Å². The van der Waals surface area contributed by atoms with Crippen LogP contribution in [0.1, 0.15) is 27.9 Å². The van der Waals surface area contributed by atoms with E-state index < -0.39 is 0 Å². The normalized spacial score (nSPS) is 13.6. The minimum Gasteiger partial charge on any atom is -0.497 e. The molecule has 0 unspecified atom stereocenters. The summed E-state index contributed by atoms with van der Waals surface area (Å²) in [6.07, 6.45) is 3.45. The van der Waals surface area contributed by atoms with Gasteiger partial charge in [0.25, 0.3) is 0 Å². The van der Waals surface area contributed by atoms with E-state index in [2.05, 4.69) is 65.9 Å². The molecule has 0 saturated heterocycles. The van der Waals surface area contributed by atoms with E-state index in [1.165, 1.54) is 33.6 Å². The number of hydrogen-bond donors (Lipinski definition) is 0. The van der Waals surface area contributed by atoms with Crippen LogP contribution in [0.5, 0.6) is 5.75 Å². The Balaban J connectivity index is 1.58. The number of nitrogens with zero attached hydrogens (tertiary/aromatic N) is 2. The van der Waals surface area contributed by atoms with Crippen LogP contribution in [0.3, 0.4) is 0 Å². The standard InChI is InChI=1S/C23H26N2O/c1-17-18(2)25(14-19-8-10-22(26-3)11-9-19)16-23(17)24-13-12-20-6-4-5-7-21(20)15-24/h4-11,16H,12-15H2,1-3H3. The lowest BCUT2D eigenvalue weighted by atomic mass is 9.99. The molecule has 0 N–H and O–H groups in total. The first-order valence-electron chi connectivity index (χ1n) is 9.26. The highest BCUT2D eigenvalue weighted by Gasteiger charge is 2.20. The van der Waals surface area contributed by atoms with E-state index in [0.717, 1.165) is 31.8 Å². The summed E-state index contributed by atoms with van der Waals surface area (Å²) in [5, 5.41) is 0. The van der Waals surface area contributed by atoms with Crippen molar-refractivity contribution in [2.24, 2.45) is 0 Å². The summed E-state index contributed by atoms with van der Waals surface area (Å²) in [6, 6.07) is 17.2. The van der Waals surface area contributed by atoms with Crippen LogP contribution < -0.4 is 9.64 Å². The molecule has 3 nitrogen and oxygen atoms in total. The van der Waals surface area contributed by atoms with Gasteiger partial charge in [-0.2, -0.15) is 0 Å². The molecular formula is C23H26N2O. The highest BCUT2D eigenvalue weighted by atomic mass is 16.5. The zero-order valence-electron chi connectivity index (χ0n) is 15.8. The summed E-state index contributed by atoms with van der Waals surface area (Å²) in [5.41, 5.74) is 8.34. The van der Waals surface area contributed by atoms with E-state index in [1.807, 2.05) is 12.1 Å². The fourth-order valence-corrected chi connectivity index (χ4v) is 3.85. The van der Waals surface area contributed by atoms with Crippen molar-refractivity contribution in [3.63, 3.8) is 0 Å². The third kappa shape index (κ3) is 3.10. The Morgan fingerprint density at radius 3 is 2.42 bits per heavy atom. The Morgan fingerprint density at radius 1 is 0.962 bits per heavy atom. The Morgan fingerprint density at radius 2 is 1.69 bits per heavy atom. The first-order chi connectivity index (χ1) is 12.7. The van der Waals surface area contributed by atoms with E-state index in [0.29, 0.717) is 0 Å². The number of hydrogen-bond acceptors (Lipinski definition) is 2. The molecule has 2 heterocycles. The lowest BCUT2D eigenvalue weighted by Gasteiger charge is -2.30. The summed E-state index contributed by atoms with van der Waals surface area (Å²) in [5.74, 6) is 0.904. The third-order valence-corrected chi connectivity index (χ3v) is 5.62. The maximum absolute atomic E-state index is 5.26. The molecule has 0 bridgehead atoms. The second-order valence-corrected chi connectivity index (χ2v) is 7.14. The largest absolute Gasteiger partial charge is 0.497 e. The summed E-state index contributed by atoms with van der Waals surface area (Å²) in [7, 11) is 1.71. The molecule has 3 heteroatoms. The van der Waals surface area contributed by atoms with Gasteiger partial charge in [0.05, 0.1) is 12.8 Å². The van der Waals surface area contributed by atoms with Crippen LogP contribution in [0.2, 0.25) is 0 Å². The molecule has 0 spiro atoms. The quantitative estimate of drug-likeness (QED) is 0.680. The van der Waals surface area contributed by atoms with Gasteiger partial charge in [0.15, 0.2) is 0 Å². The van der Waals surface area contributed by atoms with Crippen LogP contribution in [0, 0.1) is 13.8 Å². The number of anilines is 1. The monoisotopic (exact) mass is 346 g/mol. The number of rotatable bonds is 4. The van der Waals surface area contributed by atoms with Crippen molar-refractivity contribution in [1.82, 2.24) is 4.57 Å². The van der Waals surface area contributed by atoms with E-state index in [9.17, 15) is 0 Å². The zero-order chi connectivity index (χ0) is 18.1. The highest BCUT2D eigenvalue weighted by molar-refractivity contribution is 5.57. The van der Waals surface area contributed by atoms with Gasteiger partial charge < -0.3 is 14.2 Å². The second-order valence-electron chi connectivity index (χ2n) is 7.14. The predicted octanol–water partition coefficient (Wildman–Crippen LogP) is 4.72. The van der Waals surface area contributed by atoms with Gasteiger partial charge in [-0.05, 0) is 54.7 Å². The van der Waals surface area contributed by atoms with Crippen LogP contribution in [-0.4, -0.2) is 18.2 Å². The summed E-state index contributed by atoms with van der Waals surface area (Å²) in [4.78, 5) is 2.52. The molecule has 134 valence electrons. The van der Waals surface area contributed by atoms with Gasteiger partial charge in [-0.25, -0.2) is 0 Å². The van der Waals surface area contributed by atoms with Crippen molar-refractivity contribution >= 4 is 5.69 Å². The molecule has 0 atom stereocenters. The lowest BCUT2D eigenvalue weighted by Crippen LogP contribution is -2.30. The maximum Gasteiger partial charge on any atom is 0.118 e. The molecule has 3 aromatic rings. The van der Waals surface area contributed by atoms with Crippen molar-refractivity contribution in [2.75, 3.05) is 18.6 Å². The summed E-state index contributed by atoms with van der Waals surface area (Å²) >= 11 is 0. The average Bonchev–Trinajstić information content (AvgIpc) is 2.96. The molecule has 1 aromatic heterocycles. The zero-order valence-corrected chi connectivity index (χ0v) is 15.8. The SMILES string of the molecule is COc1ccc(Cn2cc(N3CCc4ccccc4C3)c(C)c2C)cc1. The molecule has 26 heavy (non-hydrogen) atoms. The van der Waals surface area contributed by atoms with Gasteiger partial charge in [0.1, 0.15) is 5.75 Å². The average molecular weight is 346 g/mol. The first-order valence-corrected chi connectivity index (χ1v) is 9.26. The molecule has 0 saturated carbocycles. The maximum atomic E-state index is 5.26. The van der Waals surface area contributed by atoms with Gasteiger partial charge in [-0.3, -0.25) is 0 Å². The van der Waals surface area contributed by atoms with Crippen LogP contribution >= 0.6 is 0 Å². The number of fused-ring (bicyclic) bond motifs is 1. The van der Waals surface area contributed by atoms with E-state index in [-0.39, 0.29) is 0 Å². The van der Waals surface area contributed by atoms with E-state index in [4.69, 9.17) is 4.74 Å². The summed E-state index contributed by atoms with van der Waals surface area (Å²) < 4.78 is 7.63. The molecule has 0 fully saturated rings. The highest BCUT2D eigenvalue weighted by Crippen LogP contribution is 2.30. The van der Waals surface area contributed by atoms with Gasteiger partial charge in [0, 0.05) is 31.5 Å². The van der Waals surface area contributed by atoms with Crippen molar-refractivity contribution in [3.8, 4) is 5.75 Å². The topological polar surface area (TPSA) is 17.4 Å². The number of methoxy groups -OCH3 is 1. The van der Waals surface area contributed by atoms with Gasteiger partial charge in [-0.15, -0.1) is 0 Å². The van der Waals surface area contributed by atoms with Crippen molar-refractivity contribution in [1.29, 1.82) is 0 Å².